The maximum atomic E-state index is 12.9. The highest BCUT2D eigenvalue weighted by molar-refractivity contribution is 6.31. The van der Waals surface area contributed by atoms with Crippen molar-refractivity contribution in [3.05, 3.63) is 93.4 Å². The van der Waals surface area contributed by atoms with E-state index in [-0.39, 0.29) is 30.8 Å². The van der Waals surface area contributed by atoms with Crippen molar-refractivity contribution in [1.29, 1.82) is 0 Å². The molecule has 0 aliphatic rings. The van der Waals surface area contributed by atoms with Crippen LogP contribution in [0.5, 0.6) is 5.75 Å². The van der Waals surface area contributed by atoms with Crippen LogP contribution in [-0.2, 0) is 16.1 Å². The highest BCUT2D eigenvalue weighted by Gasteiger charge is 2.22. The van der Waals surface area contributed by atoms with E-state index in [1.807, 2.05) is 18.2 Å². The molecular weight excluding hydrogens is 434 g/mol. The number of amides is 1. The Hall–Kier alpha value is -3.65. The highest BCUT2D eigenvalue weighted by atomic mass is 35.5. The SMILES string of the molecule is COC(=O)CC(NC(=O)c1ccc(=O)n(CCOc2ccccc2)n1)c1ccccc1Cl. The van der Waals surface area contributed by atoms with Crippen LogP contribution in [0.15, 0.2) is 71.5 Å². The number of aromatic nitrogens is 2. The van der Waals surface area contributed by atoms with Gasteiger partial charge in [0.25, 0.3) is 11.5 Å². The Labute approximate surface area is 189 Å². The van der Waals surface area contributed by atoms with Crippen LogP contribution in [0, 0.1) is 0 Å². The fourth-order valence-corrected chi connectivity index (χ4v) is 3.24. The molecule has 0 aliphatic heterocycles. The second-order valence-corrected chi connectivity index (χ2v) is 7.18. The van der Waals surface area contributed by atoms with Gasteiger partial charge in [0.2, 0.25) is 0 Å². The normalized spacial score (nSPS) is 11.4. The largest absolute Gasteiger partial charge is 0.492 e. The molecule has 1 N–H and O–H groups in total. The molecule has 1 atom stereocenters. The second-order valence-electron chi connectivity index (χ2n) is 6.77. The monoisotopic (exact) mass is 455 g/mol. The van der Waals surface area contributed by atoms with E-state index >= 15 is 0 Å². The number of nitrogens with zero attached hydrogens (tertiary/aromatic N) is 2. The average molecular weight is 456 g/mol. The van der Waals surface area contributed by atoms with Gasteiger partial charge in [-0.05, 0) is 29.8 Å². The lowest BCUT2D eigenvalue weighted by Crippen LogP contribution is -2.34. The van der Waals surface area contributed by atoms with Gasteiger partial charge in [0.1, 0.15) is 18.1 Å². The van der Waals surface area contributed by atoms with Crippen molar-refractivity contribution in [3.63, 3.8) is 0 Å². The van der Waals surface area contributed by atoms with Gasteiger partial charge < -0.3 is 14.8 Å². The van der Waals surface area contributed by atoms with E-state index in [2.05, 4.69) is 10.4 Å². The standard InChI is InChI=1S/C23H22ClN3O5/c1-31-22(29)15-20(17-9-5-6-10-18(17)24)25-23(30)19-11-12-21(28)27(26-19)13-14-32-16-7-3-2-4-8-16/h2-12,20H,13-15H2,1H3,(H,25,30). The first-order valence-corrected chi connectivity index (χ1v) is 10.2. The topological polar surface area (TPSA) is 99.5 Å². The maximum absolute atomic E-state index is 12.9. The zero-order chi connectivity index (χ0) is 22.9. The lowest BCUT2D eigenvalue weighted by molar-refractivity contribution is -0.141. The van der Waals surface area contributed by atoms with Gasteiger partial charge in [0.05, 0.1) is 26.1 Å². The third-order valence-corrected chi connectivity index (χ3v) is 4.94. The van der Waals surface area contributed by atoms with Crippen LogP contribution in [-0.4, -0.2) is 35.4 Å². The van der Waals surface area contributed by atoms with Crippen molar-refractivity contribution in [3.8, 4) is 5.75 Å². The molecule has 166 valence electrons. The second kappa shape index (κ2) is 11.1. The third kappa shape index (κ3) is 6.18. The Morgan fingerprint density at radius 3 is 2.50 bits per heavy atom. The fourth-order valence-electron chi connectivity index (χ4n) is 2.98. The Balaban J connectivity index is 1.73. The smallest absolute Gasteiger partial charge is 0.307 e. The van der Waals surface area contributed by atoms with Gasteiger partial charge in [-0.2, -0.15) is 5.10 Å². The van der Waals surface area contributed by atoms with Crippen molar-refractivity contribution >= 4 is 23.5 Å². The quantitative estimate of drug-likeness (QED) is 0.498. The molecule has 0 radical (unpaired) electrons. The highest BCUT2D eigenvalue weighted by Crippen LogP contribution is 2.25. The molecule has 1 heterocycles. The maximum Gasteiger partial charge on any atom is 0.307 e. The number of ether oxygens (including phenoxy) is 2. The molecule has 0 spiro atoms. The minimum Gasteiger partial charge on any atom is -0.492 e. The van der Waals surface area contributed by atoms with Gasteiger partial charge in [-0.15, -0.1) is 0 Å². The van der Waals surface area contributed by atoms with Crippen LogP contribution in [0.1, 0.15) is 28.5 Å². The number of nitrogens with one attached hydrogen (secondary N) is 1. The molecule has 9 heteroatoms. The van der Waals surface area contributed by atoms with Crippen LogP contribution in [0.2, 0.25) is 5.02 Å². The molecule has 32 heavy (non-hydrogen) atoms. The summed E-state index contributed by atoms with van der Waals surface area (Å²) in [5, 5.41) is 7.29. The molecule has 0 aliphatic carbocycles. The molecule has 1 unspecified atom stereocenters. The number of hydrogen-bond acceptors (Lipinski definition) is 6. The summed E-state index contributed by atoms with van der Waals surface area (Å²) in [5.41, 5.74) is 0.221. The van der Waals surface area contributed by atoms with Gasteiger partial charge in [-0.3, -0.25) is 14.4 Å². The molecule has 0 saturated carbocycles. The number of hydrogen-bond donors (Lipinski definition) is 1. The van der Waals surface area contributed by atoms with E-state index in [4.69, 9.17) is 21.1 Å². The summed E-state index contributed by atoms with van der Waals surface area (Å²) >= 11 is 6.25. The van der Waals surface area contributed by atoms with Crippen molar-refractivity contribution < 1.29 is 19.1 Å². The number of halogens is 1. The van der Waals surface area contributed by atoms with Gasteiger partial charge in [-0.1, -0.05) is 48.0 Å². The molecule has 8 nitrogen and oxygen atoms in total. The first-order chi connectivity index (χ1) is 15.5. The fraction of sp³-hybridized carbons (Fsp3) is 0.217. The average Bonchev–Trinajstić information content (AvgIpc) is 2.80. The van der Waals surface area contributed by atoms with Gasteiger partial charge in [0.15, 0.2) is 0 Å². The number of esters is 1. The summed E-state index contributed by atoms with van der Waals surface area (Å²) in [4.78, 5) is 36.9. The zero-order valence-electron chi connectivity index (χ0n) is 17.4. The van der Waals surface area contributed by atoms with E-state index < -0.39 is 17.9 Å². The van der Waals surface area contributed by atoms with Crippen molar-refractivity contribution in [2.75, 3.05) is 13.7 Å². The van der Waals surface area contributed by atoms with Crippen molar-refractivity contribution in [1.82, 2.24) is 15.1 Å². The van der Waals surface area contributed by atoms with Crippen LogP contribution >= 0.6 is 11.6 Å². The summed E-state index contributed by atoms with van der Waals surface area (Å²) in [6, 6.07) is 17.9. The van der Waals surface area contributed by atoms with E-state index in [9.17, 15) is 14.4 Å². The summed E-state index contributed by atoms with van der Waals surface area (Å²) in [6.45, 7) is 0.359. The minimum atomic E-state index is -0.729. The summed E-state index contributed by atoms with van der Waals surface area (Å²) in [6.07, 6.45) is -0.115. The van der Waals surface area contributed by atoms with Gasteiger partial charge in [-0.25, -0.2) is 4.68 Å². The first-order valence-electron chi connectivity index (χ1n) is 9.86. The molecular formula is C23H22ClN3O5. The Morgan fingerprint density at radius 2 is 1.78 bits per heavy atom. The molecule has 0 bridgehead atoms. The number of carbonyl (C=O) groups excluding carboxylic acids is 2. The minimum absolute atomic E-state index is 0.0197. The number of benzene rings is 2. The summed E-state index contributed by atoms with van der Waals surface area (Å²) in [7, 11) is 1.27. The van der Waals surface area contributed by atoms with E-state index in [0.717, 1.165) is 4.68 Å². The van der Waals surface area contributed by atoms with Crippen molar-refractivity contribution in [2.24, 2.45) is 0 Å². The Morgan fingerprint density at radius 1 is 1.06 bits per heavy atom. The predicted molar refractivity (Wildman–Crippen MR) is 119 cm³/mol. The molecule has 2 aromatic carbocycles. The van der Waals surface area contributed by atoms with Crippen molar-refractivity contribution in [2.45, 2.75) is 19.0 Å². The lowest BCUT2D eigenvalue weighted by Gasteiger charge is -2.19. The molecule has 0 saturated heterocycles. The number of carbonyl (C=O) groups is 2. The Bertz CT molecular complexity index is 1130. The summed E-state index contributed by atoms with van der Waals surface area (Å²) < 4.78 is 11.5. The zero-order valence-corrected chi connectivity index (χ0v) is 18.1. The van der Waals surface area contributed by atoms with Gasteiger partial charge >= 0.3 is 5.97 Å². The molecule has 3 aromatic rings. The number of rotatable bonds is 9. The third-order valence-electron chi connectivity index (χ3n) is 4.60. The van der Waals surface area contributed by atoms with E-state index in [1.54, 1.807) is 36.4 Å². The predicted octanol–water partition coefficient (Wildman–Crippen LogP) is 3.01. The number of methoxy groups -OCH3 is 1. The van der Waals surface area contributed by atoms with Crippen LogP contribution in [0.4, 0.5) is 0 Å². The molecule has 1 amide bonds. The number of para-hydroxylation sites is 1. The Kier molecular flexibility index (Phi) is 7.99. The lowest BCUT2D eigenvalue weighted by atomic mass is 10.0. The van der Waals surface area contributed by atoms with Crippen LogP contribution in [0.3, 0.4) is 0 Å². The summed E-state index contributed by atoms with van der Waals surface area (Å²) in [5.74, 6) is -0.400. The van der Waals surface area contributed by atoms with Crippen LogP contribution in [0.25, 0.3) is 0 Å². The molecule has 1 aromatic heterocycles. The first kappa shape index (κ1) is 23.0. The molecule has 0 fully saturated rings. The molecule has 3 rings (SSSR count). The van der Waals surface area contributed by atoms with E-state index in [1.165, 1.54) is 19.2 Å². The van der Waals surface area contributed by atoms with E-state index in [0.29, 0.717) is 16.3 Å². The van der Waals surface area contributed by atoms with Gasteiger partial charge in [0, 0.05) is 11.1 Å². The van der Waals surface area contributed by atoms with Crippen LogP contribution < -0.4 is 15.6 Å².